The van der Waals surface area contributed by atoms with Gasteiger partial charge in [0.25, 0.3) is 0 Å². The number of carbonyl (C=O) groups is 1. The monoisotopic (exact) mass is 342 g/mol. The second-order valence-electron chi connectivity index (χ2n) is 5.40. The quantitative estimate of drug-likeness (QED) is 0.874. The van der Waals surface area contributed by atoms with E-state index in [-0.39, 0.29) is 11.7 Å². The molecule has 0 aromatic heterocycles. The number of hydrogen-bond donors (Lipinski definition) is 2. The Labute approximate surface area is 127 Å². The van der Waals surface area contributed by atoms with E-state index in [2.05, 4.69) is 33.5 Å². The summed E-state index contributed by atoms with van der Waals surface area (Å²) in [5.74, 6) is -0.332. The molecule has 5 heteroatoms. The van der Waals surface area contributed by atoms with Gasteiger partial charge >= 0.3 is 0 Å². The van der Waals surface area contributed by atoms with Gasteiger partial charge in [-0.2, -0.15) is 0 Å². The minimum atomic E-state index is -0.470. The molecule has 1 amide bonds. The summed E-state index contributed by atoms with van der Waals surface area (Å²) in [5.41, 5.74) is 0.915. The molecule has 0 bridgehead atoms. The van der Waals surface area contributed by atoms with Gasteiger partial charge in [0, 0.05) is 5.69 Å². The summed E-state index contributed by atoms with van der Waals surface area (Å²) in [4.78, 5) is 12.6. The normalized spacial score (nSPS) is 22.0. The van der Waals surface area contributed by atoms with Crippen LogP contribution in [0.5, 0.6) is 0 Å². The maximum atomic E-state index is 13.4. The molecule has 1 heterocycles. The van der Waals surface area contributed by atoms with Crippen LogP contribution in [0, 0.1) is 12.7 Å². The molecule has 1 aliphatic rings. The van der Waals surface area contributed by atoms with E-state index in [4.69, 9.17) is 0 Å². The number of amides is 1. The molecule has 0 radical (unpaired) electrons. The summed E-state index contributed by atoms with van der Waals surface area (Å²) >= 11 is 3.16. The molecular weight excluding hydrogens is 323 g/mol. The van der Waals surface area contributed by atoms with Crippen molar-refractivity contribution in [2.24, 2.45) is 0 Å². The first-order chi connectivity index (χ1) is 9.48. The summed E-state index contributed by atoms with van der Waals surface area (Å²) in [6.07, 6.45) is 3.64. The molecule has 20 heavy (non-hydrogen) atoms. The fourth-order valence-corrected chi connectivity index (χ4v) is 3.12. The second-order valence-corrected chi connectivity index (χ2v) is 6.25. The van der Waals surface area contributed by atoms with Gasteiger partial charge in [-0.1, -0.05) is 13.3 Å². The van der Waals surface area contributed by atoms with E-state index in [9.17, 15) is 9.18 Å². The van der Waals surface area contributed by atoms with Crippen LogP contribution in [0.15, 0.2) is 16.6 Å². The molecule has 0 spiro atoms. The molecule has 110 valence electrons. The highest BCUT2D eigenvalue weighted by Gasteiger charge is 2.40. The number of benzene rings is 1. The number of hydrogen-bond acceptors (Lipinski definition) is 2. The lowest BCUT2D eigenvalue weighted by Crippen LogP contribution is -2.50. The highest BCUT2D eigenvalue weighted by Crippen LogP contribution is 2.29. The molecule has 0 aliphatic carbocycles. The predicted molar refractivity (Wildman–Crippen MR) is 82.3 cm³/mol. The van der Waals surface area contributed by atoms with Crippen LogP contribution in [0.1, 0.15) is 38.2 Å². The van der Waals surface area contributed by atoms with E-state index in [0.29, 0.717) is 10.2 Å². The largest absolute Gasteiger partial charge is 0.324 e. The zero-order valence-corrected chi connectivity index (χ0v) is 13.4. The summed E-state index contributed by atoms with van der Waals surface area (Å²) in [5, 5.41) is 6.29. The van der Waals surface area contributed by atoms with Gasteiger partial charge in [-0.25, -0.2) is 4.39 Å². The lowest BCUT2D eigenvalue weighted by molar-refractivity contribution is -0.122. The van der Waals surface area contributed by atoms with Crippen LogP contribution in [-0.4, -0.2) is 18.0 Å². The molecule has 0 saturated carbocycles. The van der Waals surface area contributed by atoms with Crippen LogP contribution in [0.25, 0.3) is 0 Å². The fraction of sp³-hybridized carbons (Fsp3) is 0.533. The van der Waals surface area contributed by atoms with Crippen molar-refractivity contribution in [2.75, 3.05) is 11.9 Å². The van der Waals surface area contributed by atoms with Gasteiger partial charge in [0.2, 0.25) is 5.91 Å². The van der Waals surface area contributed by atoms with Crippen LogP contribution >= 0.6 is 15.9 Å². The Morgan fingerprint density at radius 3 is 2.90 bits per heavy atom. The molecule has 1 aromatic carbocycles. The predicted octanol–water partition coefficient (Wildman–Crippen LogP) is 3.76. The maximum absolute atomic E-state index is 13.4. The van der Waals surface area contributed by atoms with E-state index in [1.807, 2.05) is 0 Å². The summed E-state index contributed by atoms with van der Waals surface area (Å²) in [7, 11) is 0. The van der Waals surface area contributed by atoms with Crippen molar-refractivity contribution in [2.45, 2.75) is 45.1 Å². The first-order valence-corrected chi connectivity index (χ1v) is 7.80. The molecule has 3 nitrogen and oxygen atoms in total. The standard InChI is InChI=1S/C15H20BrFN2O/c1-3-5-15(6-4-7-18-15)14(20)19-13-9-11(16)12(17)8-10(13)2/h8-9,18H,3-7H2,1-2H3,(H,19,20). The topological polar surface area (TPSA) is 41.1 Å². The molecule has 1 atom stereocenters. The van der Waals surface area contributed by atoms with Crippen LogP contribution in [-0.2, 0) is 4.79 Å². The zero-order valence-electron chi connectivity index (χ0n) is 11.9. The summed E-state index contributed by atoms with van der Waals surface area (Å²) in [6, 6.07) is 3.05. The van der Waals surface area contributed by atoms with Gasteiger partial charge in [0.15, 0.2) is 0 Å². The van der Waals surface area contributed by atoms with Crippen LogP contribution in [0.4, 0.5) is 10.1 Å². The van der Waals surface area contributed by atoms with Crippen LogP contribution in [0.2, 0.25) is 0 Å². The maximum Gasteiger partial charge on any atom is 0.244 e. The third-order valence-electron chi connectivity index (χ3n) is 3.87. The Bertz CT molecular complexity index is 513. The van der Waals surface area contributed by atoms with Gasteiger partial charge in [0.1, 0.15) is 5.82 Å². The van der Waals surface area contributed by atoms with Crippen molar-refractivity contribution in [3.63, 3.8) is 0 Å². The van der Waals surface area contributed by atoms with Gasteiger partial charge in [-0.05, 0) is 66.4 Å². The smallest absolute Gasteiger partial charge is 0.244 e. The number of anilines is 1. The van der Waals surface area contributed by atoms with Gasteiger partial charge < -0.3 is 10.6 Å². The summed E-state index contributed by atoms with van der Waals surface area (Å²) < 4.78 is 13.8. The number of rotatable bonds is 4. The third kappa shape index (κ3) is 3.04. The Balaban J connectivity index is 2.20. The van der Waals surface area contributed by atoms with Crippen molar-refractivity contribution in [3.05, 3.63) is 28.0 Å². The third-order valence-corrected chi connectivity index (χ3v) is 4.48. The van der Waals surface area contributed by atoms with Crippen molar-refractivity contribution in [3.8, 4) is 0 Å². The first kappa shape index (κ1) is 15.4. The number of nitrogens with one attached hydrogen (secondary N) is 2. The highest BCUT2D eigenvalue weighted by atomic mass is 79.9. The number of carbonyl (C=O) groups excluding carboxylic acids is 1. The van der Waals surface area contributed by atoms with E-state index >= 15 is 0 Å². The zero-order chi connectivity index (χ0) is 14.8. The molecular formula is C15H20BrFN2O. The van der Waals surface area contributed by atoms with Crippen molar-refractivity contribution < 1.29 is 9.18 Å². The van der Waals surface area contributed by atoms with E-state index < -0.39 is 5.54 Å². The summed E-state index contributed by atoms with van der Waals surface area (Å²) in [6.45, 7) is 4.74. The van der Waals surface area contributed by atoms with Gasteiger partial charge in [0.05, 0.1) is 10.0 Å². The average molecular weight is 343 g/mol. The lowest BCUT2D eigenvalue weighted by atomic mass is 9.90. The molecule has 1 aliphatic heterocycles. The van der Waals surface area contributed by atoms with E-state index in [1.54, 1.807) is 13.0 Å². The second kappa shape index (κ2) is 6.22. The Kier molecular flexibility index (Phi) is 4.81. The highest BCUT2D eigenvalue weighted by molar-refractivity contribution is 9.10. The van der Waals surface area contributed by atoms with Crippen molar-refractivity contribution in [1.82, 2.24) is 5.32 Å². The molecule has 1 aromatic rings. The van der Waals surface area contributed by atoms with Crippen LogP contribution < -0.4 is 10.6 Å². The first-order valence-electron chi connectivity index (χ1n) is 7.00. The number of halogens is 2. The Hall–Kier alpha value is -0.940. The van der Waals surface area contributed by atoms with Crippen molar-refractivity contribution in [1.29, 1.82) is 0 Å². The molecule has 1 saturated heterocycles. The van der Waals surface area contributed by atoms with Crippen LogP contribution in [0.3, 0.4) is 0 Å². The average Bonchev–Trinajstić information content (AvgIpc) is 2.86. The van der Waals surface area contributed by atoms with Gasteiger partial charge in [-0.3, -0.25) is 4.79 Å². The molecule has 1 fully saturated rings. The Morgan fingerprint density at radius 2 is 2.30 bits per heavy atom. The minimum absolute atomic E-state index is 0.0153. The number of aryl methyl sites for hydroxylation is 1. The fourth-order valence-electron chi connectivity index (χ4n) is 2.78. The molecule has 1 unspecified atom stereocenters. The lowest BCUT2D eigenvalue weighted by Gasteiger charge is -2.28. The molecule has 2 rings (SSSR count). The SMILES string of the molecule is CCCC1(C(=O)Nc2cc(Br)c(F)cc2C)CCCN1. The van der Waals surface area contributed by atoms with Crippen molar-refractivity contribution >= 4 is 27.5 Å². The molecule has 2 N–H and O–H groups in total. The van der Waals surface area contributed by atoms with Gasteiger partial charge in [-0.15, -0.1) is 0 Å². The van der Waals surface area contributed by atoms with E-state index in [1.165, 1.54) is 6.07 Å². The minimum Gasteiger partial charge on any atom is -0.324 e. The Morgan fingerprint density at radius 1 is 1.55 bits per heavy atom. The van der Waals surface area contributed by atoms with E-state index in [0.717, 1.165) is 37.8 Å².